The van der Waals surface area contributed by atoms with E-state index >= 15 is 0 Å². The highest BCUT2D eigenvalue weighted by Crippen LogP contribution is 2.17. The Kier molecular flexibility index (Phi) is 3.81. The van der Waals surface area contributed by atoms with Gasteiger partial charge in [-0.05, 0) is 12.1 Å². The molecule has 2 heterocycles. The Morgan fingerprint density at radius 1 is 1.50 bits per heavy atom. The van der Waals surface area contributed by atoms with Crippen molar-refractivity contribution < 1.29 is 13.9 Å². The van der Waals surface area contributed by atoms with Crippen LogP contribution in [0.2, 0.25) is 5.02 Å². The molecule has 3 N–H and O–H groups in total. The van der Waals surface area contributed by atoms with E-state index in [1.807, 2.05) is 5.43 Å². The Balaban J connectivity index is 1.98. The molecule has 2 aromatic heterocycles. The molecule has 0 radical (unpaired) electrons. The number of pyridine rings is 1. The number of nitrogen functional groups attached to an aromatic ring is 1. The summed E-state index contributed by atoms with van der Waals surface area (Å²) in [5.41, 5.74) is 1.97. The van der Waals surface area contributed by atoms with E-state index in [0.29, 0.717) is 16.5 Å². The quantitative estimate of drug-likeness (QED) is 0.498. The van der Waals surface area contributed by atoms with Gasteiger partial charge in [-0.1, -0.05) is 11.6 Å². The van der Waals surface area contributed by atoms with E-state index in [4.69, 9.17) is 26.6 Å². The first-order valence-electron chi connectivity index (χ1n) is 5.02. The molecule has 0 saturated carbocycles. The zero-order chi connectivity index (χ0) is 13.0. The number of carbonyl (C=O) groups excluding carboxylic acids is 1. The summed E-state index contributed by atoms with van der Waals surface area (Å²) in [6.45, 7) is 0.167. The molecule has 0 aliphatic heterocycles. The largest absolute Gasteiger partial charge is 0.484 e. The van der Waals surface area contributed by atoms with E-state index in [2.05, 4.69) is 4.98 Å². The molecular weight excluding hydrogens is 258 g/mol. The molecule has 6 nitrogen and oxygen atoms in total. The van der Waals surface area contributed by atoms with Gasteiger partial charge < -0.3 is 9.15 Å². The lowest BCUT2D eigenvalue weighted by molar-refractivity contribution is 0.0922. The minimum Gasteiger partial charge on any atom is -0.484 e. The Morgan fingerprint density at radius 3 is 3.06 bits per heavy atom. The van der Waals surface area contributed by atoms with Gasteiger partial charge in [0.15, 0.2) is 5.76 Å². The number of furan rings is 1. The summed E-state index contributed by atoms with van der Waals surface area (Å²) in [4.78, 5) is 15.0. The number of nitrogens with zero attached hydrogens (tertiary/aromatic N) is 1. The number of hydrazine groups is 1. The number of hydrogen-bond donors (Lipinski definition) is 2. The highest BCUT2D eigenvalue weighted by Gasteiger charge is 2.09. The van der Waals surface area contributed by atoms with Crippen LogP contribution in [-0.2, 0) is 6.61 Å². The fourth-order valence-electron chi connectivity index (χ4n) is 1.27. The number of carbonyl (C=O) groups is 1. The second-order valence-corrected chi connectivity index (χ2v) is 3.80. The number of ether oxygens (including phenoxy) is 1. The minimum atomic E-state index is -0.495. The van der Waals surface area contributed by atoms with Crippen LogP contribution in [0, 0.1) is 0 Å². The molecule has 94 valence electrons. The zero-order valence-electron chi connectivity index (χ0n) is 9.22. The van der Waals surface area contributed by atoms with Crippen molar-refractivity contribution in [2.24, 2.45) is 5.84 Å². The Bertz CT molecular complexity index is 556. The molecule has 0 bridgehead atoms. The van der Waals surface area contributed by atoms with E-state index < -0.39 is 5.91 Å². The van der Waals surface area contributed by atoms with Crippen LogP contribution in [0.1, 0.15) is 16.3 Å². The number of amides is 1. The monoisotopic (exact) mass is 267 g/mol. The van der Waals surface area contributed by atoms with Gasteiger partial charge >= 0.3 is 5.91 Å². The van der Waals surface area contributed by atoms with Gasteiger partial charge in [0, 0.05) is 12.3 Å². The van der Waals surface area contributed by atoms with Crippen molar-refractivity contribution in [1.29, 1.82) is 0 Å². The summed E-state index contributed by atoms with van der Waals surface area (Å²) in [5.74, 6) is 5.62. The van der Waals surface area contributed by atoms with Gasteiger partial charge in [0.1, 0.15) is 18.1 Å². The third-order valence-corrected chi connectivity index (χ3v) is 2.28. The molecule has 7 heteroatoms. The van der Waals surface area contributed by atoms with Crippen LogP contribution in [0.3, 0.4) is 0 Å². The standard InChI is InChI=1S/C11H10ClN3O3/c12-7-3-9(5-14-4-7)17-6-8-1-2-10(18-8)11(16)15-13/h1-5H,6,13H2,(H,15,16). The number of nitrogens with one attached hydrogen (secondary N) is 1. The molecule has 1 amide bonds. The molecule has 0 aliphatic rings. The van der Waals surface area contributed by atoms with E-state index in [9.17, 15) is 4.79 Å². The van der Waals surface area contributed by atoms with Gasteiger partial charge in [0.05, 0.1) is 11.2 Å². The SMILES string of the molecule is NNC(=O)c1ccc(COc2cncc(Cl)c2)o1. The molecule has 0 saturated heterocycles. The van der Waals surface area contributed by atoms with Gasteiger partial charge in [-0.3, -0.25) is 15.2 Å². The van der Waals surface area contributed by atoms with Gasteiger partial charge in [-0.25, -0.2) is 5.84 Å². The highest BCUT2D eigenvalue weighted by molar-refractivity contribution is 6.30. The van der Waals surface area contributed by atoms with Crippen LogP contribution in [-0.4, -0.2) is 10.9 Å². The normalized spacial score (nSPS) is 10.1. The van der Waals surface area contributed by atoms with Crippen molar-refractivity contribution >= 4 is 17.5 Å². The molecule has 2 aromatic rings. The molecule has 2 rings (SSSR count). The molecule has 0 unspecified atom stereocenters. The number of aromatic nitrogens is 1. The number of hydrogen-bond acceptors (Lipinski definition) is 5. The van der Waals surface area contributed by atoms with Crippen molar-refractivity contribution in [3.8, 4) is 5.75 Å². The number of halogens is 1. The molecule has 0 aliphatic carbocycles. The lowest BCUT2D eigenvalue weighted by Crippen LogP contribution is -2.29. The molecule has 0 spiro atoms. The highest BCUT2D eigenvalue weighted by atomic mass is 35.5. The van der Waals surface area contributed by atoms with Crippen molar-refractivity contribution in [1.82, 2.24) is 10.4 Å². The van der Waals surface area contributed by atoms with Crippen LogP contribution >= 0.6 is 11.6 Å². The predicted octanol–water partition coefficient (Wildman–Crippen LogP) is 1.51. The zero-order valence-corrected chi connectivity index (χ0v) is 9.98. The number of rotatable bonds is 4. The molecular formula is C11H10ClN3O3. The van der Waals surface area contributed by atoms with Gasteiger partial charge in [-0.15, -0.1) is 0 Å². The number of nitrogens with two attached hydrogens (primary N) is 1. The lowest BCUT2D eigenvalue weighted by Gasteiger charge is -2.03. The maximum absolute atomic E-state index is 11.1. The minimum absolute atomic E-state index is 0.125. The van der Waals surface area contributed by atoms with Gasteiger partial charge in [-0.2, -0.15) is 0 Å². The Morgan fingerprint density at radius 2 is 2.33 bits per heavy atom. The second-order valence-electron chi connectivity index (χ2n) is 3.37. The van der Waals surface area contributed by atoms with Crippen molar-refractivity contribution in [3.63, 3.8) is 0 Å². The molecule has 0 fully saturated rings. The summed E-state index contributed by atoms with van der Waals surface area (Å²) in [6, 6.07) is 4.77. The van der Waals surface area contributed by atoms with Gasteiger partial charge in [0.25, 0.3) is 0 Å². The van der Waals surface area contributed by atoms with Crippen molar-refractivity contribution in [2.75, 3.05) is 0 Å². The predicted molar refractivity (Wildman–Crippen MR) is 63.9 cm³/mol. The third-order valence-electron chi connectivity index (χ3n) is 2.08. The fourth-order valence-corrected chi connectivity index (χ4v) is 1.44. The van der Waals surface area contributed by atoms with E-state index in [1.54, 1.807) is 12.1 Å². The molecule has 18 heavy (non-hydrogen) atoms. The first-order valence-corrected chi connectivity index (χ1v) is 5.40. The summed E-state index contributed by atoms with van der Waals surface area (Å²) in [7, 11) is 0. The van der Waals surface area contributed by atoms with Crippen LogP contribution < -0.4 is 16.0 Å². The Hall–Kier alpha value is -2.05. The maximum Gasteiger partial charge on any atom is 0.300 e. The van der Waals surface area contributed by atoms with Crippen LogP contribution in [0.5, 0.6) is 5.75 Å². The fraction of sp³-hybridized carbons (Fsp3) is 0.0909. The average molecular weight is 268 g/mol. The Labute approximate surface area is 108 Å². The van der Waals surface area contributed by atoms with Crippen molar-refractivity contribution in [3.05, 3.63) is 47.1 Å². The van der Waals surface area contributed by atoms with Crippen molar-refractivity contribution in [2.45, 2.75) is 6.61 Å². The average Bonchev–Trinajstić information content (AvgIpc) is 2.84. The maximum atomic E-state index is 11.1. The molecule has 0 aromatic carbocycles. The van der Waals surface area contributed by atoms with E-state index in [0.717, 1.165) is 0 Å². The first-order chi connectivity index (χ1) is 8.69. The smallest absolute Gasteiger partial charge is 0.300 e. The van der Waals surface area contributed by atoms with Crippen LogP contribution in [0.25, 0.3) is 0 Å². The first kappa shape index (κ1) is 12.4. The topological polar surface area (TPSA) is 90.4 Å². The summed E-state index contributed by atoms with van der Waals surface area (Å²) < 4.78 is 10.6. The van der Waals surface area contributed by atoms with E-state index in [-0.39, 0.29) is 12.4 Å². The second kappa shape index (κ2) is 5.52. The molecule has 0 atom stereocenters. The summed E-state index contributed by atoms with van der Waals surface area (Å²) >= 11 is 5.76. The summed E-state index contributed by atoms with van der Waals surface area (Å²) in [5, 5.41) is 0.482. The van der Waals surface area contributed by atoms with Gasteiger partial charge in [0.2, 0.25) is 0 Å². The third kappa shape index (κ3) is 2.99. The lowest BCUT2D eigenvalue weighted by atomic mass is 10.4. The van der Waals surface area contributed by atoms with Crippen LogP contribution in [0.15, 0.2) is 35.0 Å². The summed E-state index contributed by atoms with van der Waals surface area (Å²) in [6.07, 6.45) is 3.04. The van der Waals surface area contributed by atoms with E-state index in [1.165, 1.54) is 18.5 Å². The van der Waals surface area contributed by atoms with Crippen LogP contribution in [0.4, 0.5) is 0 Å².